The minimum Gasteiger partial charge on any atom is -0.303 e. The van der Waals surface area contributed by atoms with Crippen LogP contribution in [0.25, 0.3) is 0 Å². The summed E-state index contributed by atoms with van der Waals surface area (Å²) in [7, 11) is 0. The fraction of sp³-hybridized carbons (Fsp3) is 1.00. The van der Waals surface area contributed by atoms with Crippen molar-refractivity contribution in [2.24, 2.45) is 5.41 Å². The third-order valence-electron chi connectivity index (χ3n) is 2.81. The predicted molar refractivity (Wildman–Crippen MR) is 61.1 cm³/mol. The molecule has 0 aromatic rings. The first-order valence-corrected chi connectivity index (χ1v) is 5.86. The van der Waals surface area contributed by atoms with Gasteiger partial charge in [-0.1, -0.05) is 34.6 Å². The number of nitrogens with zero attached hydrogens (tertiary/aromatic N) is 1. The Labute approximate surface area is 84.5 Å². The Morgan fingerprint density at radius 2 is 1.54 bits per heavy atom. The van der Waals surface area contributed by atoms with E-state index < -0.39 is 0 Å². The van der Waals surface area contributed by atoms with E-state index in [1.807, 2.05) is 13.8 Å². The Kier molecular flexibility index (Phi) is 6.40. The van der Waals surface area contributed by atoms with Gasteiger partial charge in [-0.05, 0) is 37.8 Å². The highest BCUT2D eigenvalue weighted by Gasteiger charge is 2.21. The molecule has 1 fully saturated rings. The molecular formula is C12H27N. The van der Waals surface area contributed by atoms with Gasteiger partial charge in [-0.25, -0.2) is 0 Å². The Bertz CT molecular complexity index is 112. The molecule has 13 heavy (non-hydrogen) atoms. The molecule has 1 aliphatic rings. The first kappa shape index (κ1) is 13.0. The molecule has 1 heterocycles. The average Bonchev–Trinajstić information content (AvgIpc) is 2.60. The second-order valence-corrected chi connectivity index (χ2v) is 4.50. The monoisotopic (exact) mass is 185 g/mol. The quantitative estimate of drug-likeness (QED) is 0.650. The lowest BCUT2D eigenvalue weighted by atomic mass is 9.90. The van der Waals surface area contributed by atoms with Crippen molar-refractivity contribution in [2.45, 2.75) is 53.9 Å². The van der Waals surface area contributed by atoms with E-state index in [4.69, 9.17) is 0 Å². The summed E-state index contributed by atoms with van der Waals surface area (Å²) in [6.45, 7) is 15.0. The fourth-order valence-corrected chi connectivity index (χ4v) is 1.66. The lowest BCUT2D eigenvalue weighted by Gasteiger charge is -2.28. The van der Waals surface area contributed by atoms with Gasteiger partial charge in [-0.3, -0.25) is 0 Å². The maximum atomic E-state index is 2.60. The number of hydrogen-bond donors (Lipinski definition) is 0. The topological polar surface area (TPSA) is 3.24 Å². The molecule has 1 saturated heterocycles. The number of hydrogen-bond acceptors (Lipinski definition) is 1. The Morgan fingerprint density at radius 3 is 1.92 bits per heavy atom. The van der Waals surface area contributed by atoms with Crippen LogP contribution in [0.2, 0.25) is 0 Å². The summed E-state index contributed by atoms with van der Waals surface area (Å²) in [5.74, 6) is 0. The molecule has 0 N–H and O–H groups in total. The van der Waals surface area contributed by atoms with Crippen molar-refractivity contribution in [3.63, 3.8) is 0 Å². The third-order valence-corrected chi connectivity index (χ3v) is 2.81. The Balaban J connectivity index is 0.000000671. The van der Waals surface area contributed by atoms with E-state index in [9.17, 15) is 0 Å². The second-order valence-electron chi connectivity index (χ2n) is 4.50. The maximum absolute atomic E-state index is 2.60. The Morgan fingerprint density at radius 1 is 1.08 bits per heavy atom. The van der Waals surface area contributed by atoms with E-state index in [2.05, 4.69) is 25.7 Å². The molecule has 1 nitrogen and oxygen atoms in total. The molecule has 0 aromatic heterocycles. The van der Waals surface area contributed by atoms with Crippen LogP contribution in [0.3, 0.4) is 0 Å². The number of rotatable bonds is 3. The van der Waals surface area contributed by atoms with Gasteiger partial charge >= 0.3 is 0 Å². The van der Waals surface area contributed by atoms with Crippen LogP contribution in [0.5, 0.6) is 0 Å². The fourth-order valence-electron chi connectivity index (χ4n) is 1.66. The number of likely N-dealkylation sites (tertiary alicyclic amines) is 1. The normalized spacial score (nSPS) is 18.2. The predicted octanol–water partition coefficient (Wildman–Crippen LogP) is 3.54. The van der Waals surface area contributed by atoms with Gasteiger partial charge in [0.05, 0.1) is 0 Å². The zero-order chi connectivity index (χ0) is 10.3. The molecule has 0 bridgehead atoms. The first-order valence-electron chi connectivity index (χ1n) is 5.86. The lowest BCUT2D eigenvalue weighted by Crippen LogP contribution is -2.31. The van der Waals surface area contributed by atoms with Gasteiger partial charge in [0, 0.05) is 6.54 Å². The molecule has 0 aliphatic carbocycles. The van der Waals surface area contributed by atoms with E-state index in [-0.39, 0.29) is 0 Å². The molecule has 0 atom stereocenters. The average molecular weight is 185 g/mol. The molecule has 0 amide bonds. The van der Waals surface area contributed by atoms with Gasteiger partial charge in [0.1, 0.15) is 0 Å². The van der Waals surface area contributed by atoms with Crippen molar-refractivity contribution in [3.8, 4) is 0 Å². The van der Waals surface area contributed by atoms with E-state index in [1.54, 1.807) is 0 Å². The van der Waals surface area contributed by atoms with Crippen LogP contribution in [0.15, 0.2) is 0 Å². The zero-order valence-corrected chi connectivity index (χ0v) is 10.2. The summed E-state index contributed by atoms with van der Waals surface area (Å²) < 4.78 is 0. The SMILES string of the molecule is CC.CCC(C)(C)CN1CCCC1. The molecule has 0 aromatic carbocycles. The molecule has 0 saturated carbocycles. The minimum absolute atomic E-state index is 0.532. The second kappa shape index (κ2) is 6.42. The third kappa shape index (κ3) is 5.30. The van der Waals surface area contributed by atoms with Gasteiger partial charge in [0.15, 0.2) is 0 Å². The van der Waals surface area contributed by atoms with E-state index >= 15 is 0 Å². The molecule has 0 radical (unpaired) electrons. The van der Waals surface area contributed by atoms with Crippen LogP contribution in [0.1, 0.15) is 53.9 Å². The summed E-state index contributed by atoms with van der Waals surface area (Å²) in [6.07, 6.45) is 4.13. The van der Waals surface area contributed by atoms with Crippen LogP contribution < -0.4 is 0 Å². The largest absolute Gasteiger partial charge is 0.303 e. The summed E-state index contributed by atoms with van der Waals surface area (Å²) in [6, 6.07) is 0. The summed E-state index contributed by atoms with van der Waals surface area (Å²) in [5.41, 5.74) is 0.532. The van der Waals surface area contributed by atoms with Crippen molar-refractivity contribution in [1.29, 1.82) is 0 Å². The van der Waals surface area contributed by atoms with Crippen molar-refractivity contribution in [2.75, 3.05) is 19.6 Å². The zero-order valence-electron chi connectivity index (χ0n) is 10.2. The molecule has 1 aliphatic heterocycles. The highest BCUT2D eigenvalue weighted by atomic mass is 15.1. The van der Waals surface area contributed by atoms with Crippen LogP contribution >= 0.6 is 0 Å². The van der Waals surface area contributed by atoms with E-state index in [1.165, 1.54) is 38.9 Å². The van der Waals surface area contributed by atoms with Gasteiger partial charge in [-0.2, -0.15) is 0 Å². The first-order chi connectivity index (χ1) is 6.14. The van der Waals surface area contributed by atoms with Crippen molar-refractivity contribution >= 4 is 0 Å². The van der Waals surface area contributed by atoms with Gasteiger partial charge in [0.25, 0.3) is 0 Å². The summed E-state index contributed by atoms with van der Waals surface area (Å²) >= 11 is 0. The van der Waals surface area contributed by atoms with Crippen LogP contribution in [0, 0.1) is 5.41 Å². The summed E-state index contributed by atoms with van der Waals surface area (Å²) in [5, 5.41) is 0. The highest BCUT2D eigenvalue weighted by Crippen LogP contribution is 2.23. The smallest absolute Gasteiger partial charge is 0.00326 e. The van der Waals surface area contributed by atoms with Crippen LogP contribution in [-0.4, -0.2) is 24.5 Å². The molecule has 80 valence electrons. The minimum atomic E-state index is 0.532. The van der Waals surface area contributed by atoms with Gasteiger partial charge in [-0.15, -0.1) is 0 Å². The maximum Gasteiger partial charge on any atom is 0.00326 e. The van der Waals surface area contributed by atoms with Crippen molar-refractivity contribution in [1.82, 2.24) is 4.90 Å². The van der Waals surface area contributed by atoms with E-state index in [0.717, 1.165) is 0 Å². The van der Waals surface area contributed by atoms with Crippen LogP contribution in [0.4, 0.5) is 0 Å². The van der Waals surface area contributed by atoms with Gasteiger partial charge in [0.2, 0.25) is 0 Å². The standard InChI is InChI=1S/C10H21N.C2H6/c1-4-10(2,3)9-11-7-5-6-8-11;1-2/h4-9H2,1-3H3;1-2H3. The Hall–Kier alpha value is -0.0400. The van der Waals surface area contributed by atoms with Crippen LogP contribution in [-0.2, 0) is 0 Å². The molecule has 0 spiro atoms. The molecular weight excluding hydrogens is 158 g/mol. The summed E-state index contributed by atoms with van der Waals surface area (Å²) in [4.78, 5) is 2.60. The van der Waals surface area contributed by atoms with Gasteiger partial charge < -0.3 is 4.90 Å². The van der Waals surface area contributed by atoms with E-state index in [0.29, 0.717) is 5.41 Å². The highest BCUT2D eigenvalue weighted by molar-refractivity contribution is 4.75. The van der Waals surface area contributed by atoms with Crippen molar-refractivity contribution < 1.29 is 0 Å². The molecule has 1 heteroatoms. The molecule has 0 unspecified atom stereocenters. The van der Waals surface area contributed by atoms with Crippen molar-refractivity contribution in [3.05, 3.63) is 0 Å². The lowest BCUT2D eigenvalue weighted by molar-refractivity contribution is 0.204. The molecule has 1 rings (SSSR count).